The van der Waals surface area contributed by atoms with Crippen LogP contribution in [-0.4, -0.2) is 5.97 Å². The van der Waals surface area contributed by atoms with Crippen LogP contribution >= 0.6 is 0 Å². The number of hydrogen-bond acceptors (Lipinski definition) is 2. The predicted octanol–water partition coefficient (Wildman–Crippen LogP) is 3.81. The van der Waals surface area contributed by atoms with Gasteiger partial charge >= 0.3 is 5.97 Å². The van der Waals surface area contributed by atoms with Crippen molar-refractivity contribution in [2.75, 3.05) is 0 Å². The van der Waals surface area contributed by atoms with Crippen LogP contribution in [0, 0.1) is 5.82 Å². The van der Waals surface area contributed by atoms with Crippen molar-refractivity contribution in [2.24, 2.45) is 0 Å². The zero-order chi connectivity index (χ0) is 13.9. The van der Waals surface area contributed by atoms with Crippen LogP contribution in [0.1, 0.15) is 11.1 Å². The van der Waals surface area contributed by atoms with E-state index < -0.39 is 5.97 Å². The van der Waals surface area contributed by atoms with Gasteiger partial charge in [0.1, 0.15) is 11.6 Å². The van der Waals surface area contributed by atoms with Crippen LogP contribution in [0.4, 0.5) is 4.39 Å². The maximum Gasteiger partial charge on any atom is 0.343 e. The summed E-state index contributed by atoms with van der Waals surface area (Å²) in [5, 5.41) is 0. The molecule has 0 atom stereocenters. The Hall–Kier alpha value is -2.68. The minimum Gasteiger partial charge on any atom is -0.422 e. The molecule has 98 valence electrons. The van der Waals surface area contributed by atoms with Crippen molar-refractivity contribution in [1.82, 2.24) is 0 Å². The average Bonchev–Trinajstić information content (AvgIpc) is 2.82. The molecule has 0 N–H and O–H groups in total. The fraction of sp³-hybridized carbons (Fsp3) is 0. The Kier molecular flexibility index (Phi) is 3.17. The Bertz CT molecular complexity index is 698. The highest BCUT2D eigenvalue weighted by Crippen LogP contribution is 2.27. The van der Waals surface area contributed by atoms with Crippen LogP contribution < -0.4 is 0 Å². The lowest BCUT2D eigenvalue weighted by Gasteiger charge is -2.00. The Morgan fingerprint density at radius 1 is 0.950 bits per heavy atom. The van der Waals surface area contributed by atoms with Gasteiger partial charge in [-0.05, 0) is 42.0 Å². The lowest BCUT2D eigenvalue weighted by molar-refractivity contribution is -0.130. The monoisotopic (exact) mass is 266 g/mol. The number of carbonyl (C=O) groups excluding carboxylic acids is 1. The molecule has 0 saturated heterocycles. The van der Waals surface area contributed by atoms with Crippen molar-refractivity contribution in [2.45, 2.75) is 0 Å². The number of rotatable bonds is 2. The molecule has 1 aliphatic rings. The van der Waals surface area contributed by atoms with E-state index in [9.17, 15) is 9.18 Å². The first-order valence-corrected chi connectivity index (χ1v) is 6.19. The molecule has 0 saturated carbocycles. The van der Waals surface area contributed by atoms with Gasteiger partial charge in [-0.25, -0.2) is 9.18 Å². The third-order valence-corrected chi connectivity index (χ3v) is 2.98. The van der Waals surface area contributed by atoms with E-state index in [1.54, 1.807) is 24.3 Å². The zero-order valence-electron chi connectivity index (χ0n) is 10.5. The standard InChI is InChI=1S/C17H11FO2/c18-15-8-6-13(7-9-15)16-11-14(17(19)20-16)10-12-4-2-1-3-5-12/h1-11H/b14-10+. The largest absolute Gasteiger partial charge is 0.422 e. The smallest absolute Gasteiger partial charge is 0.343 e. The van der Waals surface area contributed by atoms with E-state index in [-0.39, 0.29) is 5.82 Å². The van der Waals surface area contributed by atoms with Crippen molar-refractivity contribution in [3.8, 4) is 0 Å². The summed E-state index contributed by atoms with van der Waals surface area (Å²) in [4.78, 5) is 11.8. The molecular formula is C17H11FO2. The van der Waals surface area contributed by atoms with E-state index in [1.807, 2.05) is 30.3 Å². The Labute approximate surface area is 115 Å². The van der Waals surface area contributed by atoms with Gasteiger partial charge in [0.15, 0.2) is 0 Å². The van der Waals surface area contributed by atoms with E-state index >= 15 is 0 Å². The lowest BCUT2D eigenvalue weighted by Crippen LogP contribution is -1.97. The quantitative estimate of drug-likeness (QED) is 0.610. The van der Waals surface area contributed by atoms with Gasteiger partial charge in [-0.15, -0.1) is 0 Å². The Morgan fingerprint density at radius 2 is 1.65 bits per heavy atom. The van der Waals surface area contributed by atoms with Crippen LogP contribution in [0.5, 0.6) is 0 Å². The van der Waals surface area contributed by atoms with Gasteiger partial charge in [0.25, 0.3) is 0 Å². The molecule has 0 aromatic heterocycles. The van der Waals surface area contributed by atoms with Crippen LogP contribution in [0.25, 0.3) is 11.8 Å². The number of halogens is 1. The lowest BCUT2D eigenvalue weighted by atomic mass is 10.1. The van der Waals surface area contributed by atoms with E-state index in [2.05, 4.69) is 0 Å². The van der Waals surface area contributed by atoms with Crippen molar-refractivity contribution in [1.29, 1.82) is 0 Å². The Morgan fingerprint density at radius 3 is 2.35 bits per heavy atom. The molecule has 0 radical (unpaired) electrons. The predicted molar refractivity (Wildman–Crippen MR) is 74.9 cm³/mol. The molecule has 2 aromatic rings. The summed E-state index contributed by atoms with van der Waals surface area (Å²) in [6, 6.07) is 15.4. The van der Waals surface area contributed by atoms with Crippen molar-refractivity contribution < 1.29 is 13.9 Å². The minimum atomic E-state index is -0.395. The molecule has 0 unspecified atom stereocenters. The molecule has 0 bridgehead atoms. The number of cyclic esters (lactones) is 1. The van der Waals surface area contributed by atoms with Crippen LogP contribution in [0.2, 0.25) is 0 Å². The third kappa shape index (κ3) is 2.52. The van der Waals surface area contributed by atoms with Crippen molar-refractivity contribution >= 4 is 17.8 Å². The van der Waals surface area contributed by atoms with Crippen LogP contribution in [0.15, 0.2) is 66.2 Å². The van der Waals surface area contributed by atoms with E-state index in [0.717, 1.165) is 5.56 Å². The normalized spacial score (nSPS) is 16.1. The molecule has 3 rings (SSSR count). The zero-order valence-corrected chi connectivity index (χ0v) is 10.5. The molecule has 1 aliphatic heterocycles. The highest BCUT2D eigenvalue weighted by atomic mass is 19.1. The van der Waals surface area contributed by atoms with Crippen LogP contribution in [0.3, 0.4) is 0 Å². The third-order valence-electron chi connectivity index (χ3n) is 2.98. The minimum absolute atomic E-state index is 0.321. The number of benzene rings is 2. The number of carbonyl (C=O) groups is 1. The van der Waals surface area contributed by atoms with Gasteiger partial charge in [0, 0.05) is 5.56 Å². The van der Waals surface area contributed by atoms with Gasteiger partial charge in [0.2, 0.25) is 0 Å². The summed E-state index contributed by atoms with van der Waals surface area (Å²) in [6.45, 7) is 0. The van der Waals surface area contributed by atoms with Gasteiger partial charge in [-0.2, -0.15) is 0 Å². The number of esters is 1. The molecule has 0 aliphatic carbocycles. The Balaban J connectivity index is 1.93. The first-order chi connectivity index (χ1) is 9.72. The van der Waals surface area contributed by atoms with Gasteiger partial charge in [-0.1, -0.05) is 30.3 Å². The molecule has 3 heteroatoms. The molecule has 1 heterocycles. The van der Waals surface area contributed by atoms with Gasteiger partial charge in [-0.3, -0.25) is 0 Å². The fourth-order valence-corrected chi connectivity index (χ4v) is 1.97. The second-order valence-corrected chi connectivity index (χ2v) is 4.42. The second-order valence-electron chi connectivity index (χ2n) is 4.42. The van der Waals surface area contributed by atoms with Gasteiger partial charge in [0.05, 0.1) is 5.57 Å². The number of hydrogen-bond donors (Lipinski definition) is 0. The summed E-state index contributed by atoms with van der Waals surface area (Å²) in [5.74, 6) is -0.274. The maximum atomic E-state index is 12.9. The summed E-state index contributed by atoms with van der Waals surface area (Å²) in [7, 11) is 0. The first-order valence-electron chi connectivity index (χ1n) is 6.19. The molecule has 2 aromatic carbocycles. The highest BCUT2D eigenvalue weighted by molar-refractivity contribution is 6.05. The maximum absolute atomic E-state index is 12.9. The van der Waals surface area contributed by atoms with Crippen molar-refractivity contribution in [3.63, 3.8) is 0 Å². The van der Waals surface area contributed by atoms with E-state index in [4.69, 9.17) is 4.74 Å². The highest BCUT2D eigenvalue weighted by Gasteiger charge is 2.21. The second kappa shape index (κ2) is 5.13. The number of ether oxygens (including phenoxy) is 1. The first kappa shape index (κ1) is 12.4. The van der Waals surface area contributed by atoms with Gasteiger partial charge < -0.3 is 4.74 Å². The molecule has 2 nitrogen and oxygen atoms in total. The van der Waals surface area contributed by atoms with E-state index in [0.29, 0.717) is 16.9 Å². The molecule has 20 heavy (non-hydrogen) atoms. The summed E-state index contributed by atoms with van der Waals surface area (Å²) >= 11 is 0. The molecule has 0 fully saturated rings. The molecule has 0 spiro atoms. The van der Waals surface area contributed by atoms with Crippen molar-refractivity contribution in [3.05, 3.63) is 83.2 Å². The summed E-state index contributed by atoms with van der Waals surface area (Å²) < 4.78 is 18.1. The summed E-state index contributed by atoms with van der Waals surface area (Å²) in [6.07, 6.45) is 3.43. The molecule has 0 amide bonds. The summed E-state index contributed by atoms with van der Waals surface area (Å²) in [5.41, 5.74) is 2.09. The van der Waals surface area contributed by atoms with E-state index in [1.165, 1.54) is 12.1 Å². The fourth-order valence-electron chi connectivity index (χ4n) is 1.97. The molecular weight excluding hydrogens is 255 g/mol. The average molecular weight is 266 g/mol. The topological polar surface area (TPSA) is 26.3 Å². The SMILES string of the molecule is O=C1OC(c2ccc(F)cc2)=C/C1=C\c1ccccc1. The van der Waals surface area contributed by atoms with Crippen LogP contribution in [-0.2, 0) is 9.53 Å².